The minimum atomic E-state index is 0.835. The van der Waals surface area contributed by atoms with Gasteiger partial charge in [-0.2, -0.15) is 21.4 Å². The third-order valence-electron chi connectivity index (χ3n) is 3.40. The molecule has 23 heavy (non-hydrogen) atoms. The molecule has 0 aliphatic rings. The van der Waals surface area contributed by atoms with Gasteiger partial charge in [-0.15, -0.1) is 21.5 Å². The maximum Gasteiger partial charge on any atom is 0.235 e. The van der Waals surface area contributed by atoms with E-state index in [1.807, 2.05) is 22.3 Å². The summed E-state index contributed by atoms with van der Waals surface area (Å²) in [6.45, 7) is 0. The van der Waals surface area contributed by atoms with Gasteiger partial charge < -0.3 is 0 Å². The Labute approximate surface area is 146 Å². The van der Waals surface area contributed by atoms with Gasteiger partial charge in [0.15, 0.2) is 10.8 Å². The van der Waals surface area contributed by atoms with E-state index in [4.69, 9.17) is 0 Å². The van der Waals surface area contributed by atoms with E-state index >= 15 is 0 Å². The van der Waals surface area contributed by atoms with Gasteiger partial charge in [-0.3, -0.25) is 0 Å². The molecular formula is C16H14N4S3. The minimum absolute atomic E-state index is 0.835. The molecule has 0 spiro atoms. The molecule has 4 aromatic rings. The smallest absolute Gasteiger partial charge is 0.186 e. The molecule has 0 bridgehead atoms. The van der Waals surface area contributed by atoms with E-state index in [-0.39, 0.29) is 0 Å². The first-order chi connectivity index (χ1) is 11.4. The van der Waals surface area contributed by atoms with Crippen molar-refractivity contribution in [2.24, 2.45) is 0 Å². The van der Waals surface area contributed by atoms with E-state index < -0.39 is 0 Å². The molecule has 0 saturated heterocycles. The number of rotatable bonds is 6. The first kappa shape index (κ1) is 14.9. The number of benzene rings is 1. The van der Waals surface area contributed by atoms with Gasteiger partial charge >= 0.3 is 0 Å². The summed E-state index contributed by atoms with van der Waals surface area (Å²) in [6, 6.07) is 14.7. The van der Waals surface area contributed by atoms with Crippen LogP contribution in [0.1, 0.15) is 11.4 Å². The Morgan fingerprint density at radius 1 is 1.04 bits per heavy atom. The standard InChI is InChI=1S/C16H14N4S3/c1-2-5-12(6-3-1)8-10-21-11-14-17-18-16-20(14)19-15(23-16)13-7-4-9-22-13/h1-7,9H,8,10-11H2. The summed E-state index contributed by atoms with van der Waals surface area (Å²) >= 11 is 5.16. The van der Waals surface area contributed by atoms with Crippen molar-refractivity contribution < 1.29 is 0 Å². The van der Waals surface area contributed by atoms with E-state index in [1.54, 1.807) is 22.7 Å². The van der Waals surface area contributed by atoms with Gasteiger partial charge in [0, 0.05) is 0 Å². The summed E-state index contributed by atoms with van der Waals surface area (Å²) in [4.78, 5) is 2.05. The van der Waals surface area contributed by atoms with Crippen LogP contribution in [0.25, 0.3) is 14.8 Å². The third kappa shape index (κ3) is 3.31. The average Bonchev–Trinajstić information content (AvgIpc) is 3.29. The first-order valence-corrected chi connectivity index (χ1v) is 10.1. The van der Waals surface area contributed by atoms with Crippen LogP contribution in [0.4, 0.5) is 0 Å². The highest BCUT2D eigenvalue weighted by Crippen LogP contribution is 2.29. The second kappa shape index (κ2) is 6.82. The molecule has 0 aliphatic carbocycles. The van der Waals surface area contributed by atoms with Crippen LogP contribution in [0.3, 0.4) is 0 Å². The Morgan fingerprint density at radius 3 is 2.78 bits per heavy atom. The third-order valence-corrected chi connectivity index (χ3v) is 6.29. The fourth-order valence-electron chi connectivity index (χ4n) is 2.25. The summed E-state index contributed by atoms with van der Waals surface area (Å²) in [5.74, 6) is 2.83. The topological polar surface area (TPSA) is 43.1 Å². The average molecular weight is 359 g/mol. The van der Waals surface area contributed by atoms with Gasteiger partial charge in [-0.25, -0.2) is 0 Å². The van der Waals surface area contributed by atoms with Crippen LogP contribution in [-0.4, -0.2) is 25.6 Å². The van der Waals surface area contributed by atoms with Crippen molar-refractivity contribution in [2.45, 2.75) is 12.2 Å². The zero-order valence-electron chi connectivity index (χ0n) is 12.3. The van der Waals surface area contributed by atoms with Gasteiger partial charge in [0.2, 0.25) is 4.96 Å². The first-order valence-electron chi connectivity index (χ1n) is 7.27. The van der Waals surface area contributed by atoms with Crippen LogP contribution >= 0.6 is 34.4 Å². The molecule has 0 N–H and O–H groups in total. The Kier molecular flexibility index (Phi) is 4.41. The SMILES string of the molecule is c1ccc(CCSCc2nnc3sc(-c4cccs4)nn23)cc1. The Hall–Kier alpha value is -1.70. The molecule has 0 atom stereocenters. The molecule has 7 heteroatoms. The maximum atomic E-state index is 4.66. The molecule has 0 saturated carbocycles. The lowest BCUT2D eigenvalue weighted by Gasteiger charge is -2.00. The molecular weight excluding hydrogens is 344 g/mol. The predicted molar refractivity (Wildman–Crippen MR) is 98.3 cm³/mol. The number of aryl methyl sites for hydroxylation is 1. The lowest BCUT2D eigenvalue weighted by Crippen LogP contribution is -1.95. The predicted octanol–water partition coefficient (Wildman–Crippen LogP) is 4.39. The molecule has 116 valence electrons. The van der Waals surface area contributed by atoms with Gasteiger partial charge in [0.05, 0.1) is 10.6 Å². The van der Waals surface area contributed by atoms with E-state index in [2.05, 4.69) is 57.1 Å². The van der Waals surface area contributed by atoms with Crippen LogP contribution in [0.5, 0.6) is 0 Å². The zero-order chi connectivity index (χ0) is 15.5. The van der Waals surface area contributed by atoms with Gasteiger partial charge in [-0.1, -0.05) is 47.7 Å². The summed E-state index contributed by atoms with van der Waals surface area (Å²) in [5.41, 5.74) is 1.38. The second-order valence-corrected chi connectivity index (χ2v) is 7.99. The zero-order valence-corrected chi connectivity index (χ0v) is 14.7. The van der Waals surface area contributed by atoms with Gasteiger partial charge in [0.1, 0.15) is 0 Å². The van der Waals surface area contributed by atoms with Crippen molar-refractivity contribution in [1.82, 2.24) is 19.8 Å². The molecule has 1 aromatic carbocycles. The minimum Gasteiger partial charge on any atom is -0.186 e. The number of thiophene rings is 1. The number of hydrogen-bond acceptors (Lipinski definition) is 6. The van der Waals surface area contributed by atoms with Crippen molar-refractivity contribution in [3.63, 3.8) is 0 Å². The number of fused-ring (bicyclic) bond motifs is 1. The van der Waals surface area contributed by atoms with Crippen molar-refractivity contribution in [2.75, 3.05) is 5.75 Å². The molecule has 0 aliphatic heterocycles. The van der Waals surface area contributed by atoms with Crippen LogP contribution in [-0.2, 0) is 12.2 Å². The number of nitrogens with zero attached hydrogens (tertiary/aromatic N) is 4. The van der Waals surface area contributed by atoms with Crippen molar-refractivity contribution in [3.8, 4) is 9.88 Å². The lowest BCUT2D eigenvalue weighted by atomic mass is 10.2. The Bertz CT molecular complexity index is 881. The lowest BCUT2D eigenvalue weighted by molar-refractivity contribution is 0.888. The van der Waals surface area contributed by atoms with Crippen LogP contribution in [0.2, 0.25) is 0 Å². The normalized spacial score (nSPS) is 11.3. The fraction of sp³-hybridized carbons (Fsp3) is 0.188. The molecule has 4 nitrogen and oxygen atoms in total. The summed E-state index contributed by atoms with van der Waals surface area (Å²) in [5, 5.41) is 16.3. The summed E-state index contributed by atoms with van der Waals surface area (Å²) in [7, 11) is 0. The van der Waals surface area contributed by atoms with E-state index in [9.17, 15) is 0 Å². The summed E-state index contributed by atoms with van der Waals surface area (Å²) in [6.07, 6.45) is 1.07. The van der Waals surface area contributed by atoms with E-state index in [1.165, 1.54) is 10.4 Å². The molecule has 4 rings (SSSR count). The van der Waals surface area contributed by atoms with E-state index in [0.717, 1.165) is 33.7 Å². The molecule has 0 fully saturated rings. The molecule has 3 aromatic heterocycles. The van der Waals surface area contributed by atoms with Gasteiger partial charge in [-0.05, 0) is 29.2 Å². The molecule has 3 heterocycles. The highest BCUT2D eigenvalue weighted by atomic mass is 32.2. The van der Waals surface area contributed by atoms with Gasteiger partial charge in [0.25, 0.3) is 0 Å². The molecule has 0 amide bonds. The van der Waals surface area contributed by atoms with E-state index in [0.29, 0.717) is 0 Å². The van der Waals surface area contributed by atoms with Crippen molar-refractivity contribution in [1.29, 1.82) is 0 Å². The quantitative estimate of drug-likeness (QED) is 0.480. The monoisotopic (exact) mass is 358 g/mol. The maximum absolute atomic E-state index is 4.66. The van der Waals surface area contributed by atoms with Crippen LogP contribution in [0.15, 0.2) is 47.8 Å². The Morgan fingerprint density at radius 2 is 1.96 bits per heavy atom. The highest BCUT2D eigenvalue weighted by molar-refractivity contribution is 7.98. The van der Waals surface area contributed by atoms with Crippen molar-refractivity contribution in [3.05, 3.63) is 59.2 Å². The van der Waals surface area contributed by atoms with Crippen LogP contribution in [0, 0.1) is 0 Å². The van der Waals surface area contributed by atoms with Crippen LogP contribution < -0.4 is 0 Å². The summed E-state index contributed by atoms with van der Waals surface area (Å²) < 4.78 is 1.88. The second-order valence-electron chi connectivity index (χ2n) is 4.98. The van der Waals surface area contributed by atoms with Crippen molar-refractivity contribution >= 4 is 39.4 Å². The Balaban J connectivity index is 1.41. The number of hydrogen-bond donors (Lipinski definition) is 0. The highest BCUT2D eigenvalue weighted by Gasteiger charge is 2.13. The molecule has 0 unspecified atom stereocenters. The molecule has 0 radical (unpaired) electrons. The fourth-order valence-corrected chi connectivity index (χ4v) is 4.78. The number of aromatic nitrogens is 4. The number of thioether (sulfide) groups is 1. The largest absolute Gasteiger partial charge is 0.235 e.